The summed E-state index contributed by atoms with van der Waals surface area (Å²) in [6, 6.07) is 5.06. The number of ether oxygens (including phenoxy) is 1. The zero-order valence-electron chi connectivity index (χ0n) is 19.7. The molecule has 3 aromatic rings. The van der Waals surface area contributed by atoms with Crippen molar-refractivity contribution in [2.75, 3.05) is 11.9 Å². The van der Waals surface area contributed by atoms with Gasteiger partial charge in [0.05, 0.1) is 24.1 Å². The Bertz CT molecular complexity index is 1430. The van der Waals surface area contributed by atoms with Gasteiger partial charge in [-0.1, -0.05) is 26.0 Å². The predicted octanol–water partition coefficient (Wildman–Crippen LogP) is -1.01. The fraction of sp³-hybridized carbons (Fsp3) is 0.391. The van der Waals surface area contributed by atoms with Gasteiger partial charge in [-0.15, -0.1) is 0 Å². The fourth-order valence-corrected chi connectivity index (χ4v) is 4.65. The van der Waals surface area contributed by atoms with Gasteiger partial charge >= 0.3 is 0 Å². The van der Waals surface area contributed by atoms with Crippen LogP contribution in [-0.2, 0) is 9.53 Å². The van der Waals surface area contributed by atoms with E-state index in [0.717, 1.165) is 4.90 Å². The number of hydrogen-bond acceptors (Lipinski definition) is 10. The highest BCUT2D eigenvalue weighted by atomic mass is 16.6. The average Bonchev–Trinajstić information content (AvgIpc) is 3.49. The van der Waals surface area contributed by atoms with Gasteiger partial charge in [-0.3, -0.25) is 38.9 Å². The number of imidazole rings is 1. The van der Waals surface area contributed by atoms with E-state index in [1.165, 1.54) is 23.0 Å². The number of nitrogens with one attached hydrogen (secondary N) is 2. The van der Waals surface area contributed by atoms with Crippen LogP contribution in [0.2, 0.25) is 0 Å². The number of benzene rings is 1. The van der Waals surface area contributed by atoms with Crippen molar-refractivity contribution in [3.63, 3.8) is 0 Å². The molecule has 3 amide bonds. The molecule has 2 aromatic heterocycles. The number of rotatable bonds is 6. The zero-order chi connectivity index (χ0) is 26.6. The Hall–Kier alpha value is -3.98. The Morgan fingerprint density at radius 2 is 1.78 bits per heavy atom. The largest absolute Gasteiger partial charge is 0.394 e. The van der Waals surface area contributed by atoms with Crippen molar-refractivity contribution < 1.29 is 34.4 Å². The Morgan fingerprint density at radius 1 is 1.14 bits per heavy atom. The molecule has 1 aromatic carbocycles. The zero-order valence-corrected chi connectivity index (χ0v) is 19.7. The molecule has 1 fully saturated rings. The van der Waals surface area contributed by atoms with Gasteiger partial charge in [-0.25, -0.2) is 4.98 Å². The molecule has 0 unspecified atom stereocenters. The van der Waals surface area contributed by atoms with Crippen molar-refractivity contribution in [3.8, 4) is 0 Å². The Morgan fingerprint density at radius 3 is 2.35 bits per heavy atom. The van der Waals surface area contributed by atoms with E-state index in [0.29, 0.717) is 0 Å². The summed E-state index contributed by atoms with van der Waals surface area (Å²) in [5, 5.41) is 32.3. The monoisotopic (exact) mass is 512 g/mol. The van der Waals surface area contributed by atoms with Gasteiger partial charge in [0.15, 0.2) is 17.4 Å². The molecule has 14 heteroatoms. The third-order valence-electron chi connectivity index (χ3n) is 6.47. The summed E-state index contributed by atoms with van der Waals surface area (Å²) in [5.74, 6) is -2.74. The van der Waals surface area contributed by atoms with Crippen LogP contribution in [0.3, 0.4) is 0 Å². The van der Waals surface area contributed by atoms with E-state index in [1.807, 2.05) is 0 Å². The first-order chi connectivity index (χ1) is 17.6. The number of aliphatic hydroxyl groups is 3. The van der Waals surface area contributed by atoms with Crippen LogP contribution >= 0.6 is 0 Å². The molecule has 194 valence electrons. The number of fused-ring (bicyclic) bond motifs is 2. The second-order valence-corrected chi connectivity index (χ2v) is 9.17. The minimum atomic E-state index is -1.45. The van der Waals surface area contributed by atoms with Gasteiger partial charge in [0.1, 0.15) is 24.4 Å². The maximum absolute atomic E-state index is 13.3. The molecule has 5 N–H and O–H groups in total. The Labute approximate surface area is 208 Å². The van der Waals surface area contributed by atoms with Crippen molar-refractivity contribution in [2.45, 2.75) is 44.4 Å². The van der Waals surface area contributed by atoms with Gasteiger partial charge in [0, 0.05) is 0 Å². The summed E-state index contributed by atoms with van der Waals surface area (Å²) in [6.07, 6.45) is -3.94. The van der Waals surface area contributed by atoms with E-state index in [4.69, 9.17) is 4.74 Å². The van der Waals surface area contributed by atoms with Crippen LogP contribution in [-0.4, -0.2) is 88.4 Å². The number of carbonyl (C=O) groups excluding carboxylic acids is 3. The van der Waals surface area contributed by atoms with Crippen LogP contribution in [0.1, 0.15) is 40.8 Å². The number of carbonyl (C=O) groups is 3. The second kappa shape index (κ2) is 9.15. The van der Waals surface area contributed by atoms with E-state index < -0.39 is 66.4 Å². The summed E-state index contributed by atoms with van der Waals surface area (Å²) >= 11 is 0. The Kier molecular flexibility index (Phi) is 6.11. The number of imide groups is 1. The fourth-order valence-electron chi connectivity index (χ4n) is 4.65. The lowest BCUT2D eigenvalue weighted by Gasteiger charge is -2.28. The maximum atomic E-state index is 13.3. The van der Waals surface area contributed by atoms with Crippen molar-refractivity contribution in [2.24, 2.45) is 5.92 Å². The minimum Gasteiger partial charge on any atom is -0.394 e. The molecule has 2 aliphatic heterocycles. The molecule has 5 rings (SSSR count). The molecule has 0 bridgehead atoms. The van der Waals surface area contributed by atoms with Crippen molar-refractivity contribution in [3.05, 3.63) is 52.1 Å². The molecular formula is C23H24N6O8. The number of aromatic amines is 1. The number of hydrogen-bond donors (Lipinski definition) is 5. The van der Waals surface area contributed by atoms with Crippen LogP contribution in [0.5, 0.6) is 0 Å². The van der Waals surface area contributed by atoms with Crippen LogP contribution < -0.4 is 10.9 Å². The molecule has 0 aliphatic carbocycles. The summed E-state index contributed by atoms with van der Waals surface area (Å²) in [7, 11) is 0. The van der Waals surface area contributed by atoms with Gasteiger partial charge in [-0.05, 0) is 18.1 Å². The van der Waals surface area contributed by atoms with Crippen LogP contribution in [0.15, 0.2) is 35.4 Å². The van der Waals surface area contributed by atoms with Gasteiger partial charge in [-0.2, -0.15) is 4.98 Å². The Balaban J connectivity index is 1.46. The molecule has 14 nitrogen and oxygen atoms in total. The lowest BCUT2D eigenvalue weighted by atomic mass is 10.0. The molecule has 5 atom stereocenters. The number of aromatic nitrogens is 4. The van der Waals surface area contributed by atoms with Crippen molar-refractivity contribution in [1.29, 1.82) is 0 Å². The third-order valence-corrected chi connectivity index (χ3v) is 6.47. The molecule has 0 saturated carbocycles. The van der Waals surface area contributed by atoms with E-state index in [2.05, 4.69) is 20.3 Å². The van der Waals surface area contributed by atoms with Crippen molar-refractivity contribution >= 4 is 34.8 Å². The standard InChI is InChI=1S/C23H24N6O8/c1-9(2)14(29-20(35)10-5-3-4-6-11(10)21(29)36)19(34)27-23-25-17-13(18(33)26-23)24-8-28(17)22-16(32)15(31)12(7-30)37-22/h3-6,8-9,12,14-16,22,30-32H,7H2,1-2H3,(H2,25,26,27,33,34)/t12-,14-,15+,16-,22-/m1/s1. The quantitative estimate of drug-likeness (QED) is 0.255. The summed E-state index contributed by atoms with van der Waals surface area (Å²) in [4.78, 5) is 63.4. The van der Waals surface area contributed by atoms with Crippen LogP contribution in [0.25, 0.3) is 11.2 Å². The van der Waals surface area contributed by atoms with E-state index in [1.54, 1.807) is 26.0 Å². The third kappa shape index (κ3) is 3.90. The smallest absolute Gasteiger partial charge is 0.280 e. The molecule has 1 saturated heterocycles. The first-order valence-corrected chi connectivity index (χ1v) is 11.5. The molecule has 2 aliphatic rings. The average molecular weight is 512 g/mol. The van der Waals surface area contributed by atoms with E-state index in [9.17, 15) is 34.5 Å². The number of H-pyrrole nitrogens is 1. The number of anilines is 1. The molecule has 0 radical (unpaired) electrons. The molecular weight excluding hydrogens is 488 g/mol. The lowest BCUT2D eigenvalue weighted by molar-refractivity contribution is -0.121. The first-order valence-electron chi connectivity index (χ1n) is 11.5. The van der Waals surface area contributed by atoms with Crippen molar-refractivity contribution in [1.82, 2.24) is 24.4 Å². The number of nitrogens with zero attached hydrogens (tertiary/aromatic N) is 4. The summed E-state index contributed by atoms with van der Waals surface area (Å²) in [5.41, 5.74) is -0.526. The first kappa shape index (κ1) is 24.7. The molecule has 37 heavy (non-hydrogen) atoms. The molecule has 0 spiro atoms. The summed E-state index contributed by atoms with van der Waals surface area (Å²) in [6.45, 7) is 2.79. The maximum Gasteiger partial charge on any atom is 0.280 e. The molecule has 4 heterocycles. The second-order valence-electron chi connectivity index (χ2n) is 9.17. The lowest BCUT2D eigenvalue weighted by Crippen LogP contribution is -2.50. The topological polar surface area (TPSA) is 200 Å². The van der Waals surface area contributed by atoms with Gasteiger partial charge in [0.2, 0.25) is 11.9 Å². The highest BCUT2D eigenvalue weighted by Crippen LogP contribution is 2.31. The van der Waals surface area contributed by atoms with Gasteiger partial charge in [0.25, 0.3) is 17.4 Å². The SMILES string of the molecule is CC(C)[C@H](C(=O)Nc1nc2c(ncn2[C@@H]2O[C@H](CO)[C@H](O)[C@H]2O)c(=O)[nH]1)N1C(=O)c2ccccc2C1=O. The summed E-state index contributed by atoms with van der Waals surface area (Å²) < 4.78 is 6.69. The van der Waals surface area contributed by atoms with Gasteiger partial charge < -0.3 is 20.1 Å². The minimum absolute atomic E-state index is 0.0734. The van der Waals surface area contributed by atoms with E-state index in [-0.39, 0.29) is 28.2 Å². The predicted molar refractivity (Wildman–Crippen MR) is 125 cm³/mol. The number of amides is 3. The normalized spacial score (nSPS) is 24.2. The van der Waals surface area contributed by atoms with Crippen LogP contribution in [0.4, 0.5) is 5.95 Å². The van der Waals surface area contributed by atoms with E-state index >= 15 is 0 Å². The highest BCUT2D eigenvalue weighted by molar-refractivity contribution is 6.23. The highest BCUT2D eigenvalue weighted by Gasteiger charge is 2.45. The number of aliphatic hydroxyl groups excluding tert-OH is 3. The van der Waals surface area contributed by atoms with Crippen LogP contribution in [0, 0.1) is 5.92 Å².